The second kappa shape index (κ2) is 7.17. The summed E-state index contributed by atoms with van der Waals surface area (Å²) in [5, 5.41) is 21.6. The molecule has 0 saturated carbocycles. The summed E-state index contributed by atoms with van der Waals surface area (Å²) in [7, 11) is 0. The molecule has 2 unspecified atom stereocenters. The van der Waals surface area contributed by atoms with Crippen LogP contribution in [0.2, 0.25) is 0 Å². The van der Waals surface area contributed by atoms with Gasteiger partial charge in [-0.3, -0.25) is 4.90 Å². The van der Waals surface area contributed by atoms with Gasteiger partial charge in [-0.15, -0.1) is 0 Å². The number of hydrogen-bond acceptors (Lipinski definition) is 4. The van der Waals surface area contributed by atoms with Crippen LogP contribution >= 0.6 is 0 Å². The Hall–Kier alpha value is -0.160. The number of nitrogens with one attached hydrogen (secondary N) is 1. The summed E-state index contributed by atoms with van der Waals surface area (Å²) in [6.45, 7) is 5.71. The maximum absolute atomic E-state index is 9.23. The summed E-state index contributed by atoms with van der Waals surface area (Å²) in [5.41, 5.74) is 0. The molecule has 1 rings (SSSR count). The molecule has 1 fully saturated rings. The summed E-state index contributed by atoms with van der Waals surface area (Å²) in [5.74, 6) is 0. The molecule has 15 heavy (non-hydrogen) atoms. The predicted molar refractivity (Wildman–Crippen MR) is 60.8 cm³/mol. The highest BCUT2D eigenvalue weighted by Crippen LogP contribution is 2.07. The highest BCUT2D eigenvalue weighted by molar-refractivity contribution is 4.78. The zero-order chi connectivity index (χ0) is 11.1. The number of rotatable bonds is 7. The predicted octanol–water partition coefficient (Wildman–Crippen LogP) is -0.196. The first kappa shape index (κ1) is 12.9. The standard InChI is InChI=1S/C11H24N2O2/c1-10(15)4-6-13(7-8-14)9-11-3-2-5-12-11/h10-12,14-15H,2-9H2,1H3. The van der Waals surface area contributed by atoms with Gasteiger partial charge in [-0.25, -0.2) is 0 Å². The molecule has 2 atom stereocenters. The van der Waals surface area contributed by atoms with E-state index in [1.165, 1.54) is 12.8 Å². The van der Waals surface area contributed by atoms with Crippen LogP contribution in [0.25, 0.3) is 0 Å². The Labute approximate surface area is 92.3 Å². The van der Waals surface area contributed by atoms with Gasteiger partial charge in [-0.2, -0.15) is 0 Å². The lowest BCUT2D eigenvalue weighted by molar-refractivity contribution is 0.136. The lowest BCUT2D eigenvalue weighted by atomic mass is 10.2. The molecule has 4 nitrogen and oxygen atoms in total. The molecule has 1 aliphatic heterocycles. The van der Waals surface area contributed by atoms with Crippen molar-refractivity contribution >= 4 is 0 Å². The van der Waals surface area contributed by atoms with Crippen molar-refractivity contribution in [1.82, 2.24) is 10.2 Å². The first-order valence-electron chi connectivity index (χ1n) is 5.97. The van der Waals surface area contributed by atoms with Gasteiger partial charge in [0, 0.05) is 25.7 Å². The zero-order valence-corrected chi connectivity index (χ0v) is 9.65. The second-order valence-electron chi connectivity index (χ2n) is 4.46. The molecule has 1 heterocycles. The van der Waals surface area contributed by atoms with Crippen molar-refractivity contribution in [2.75, 3.05) is 32.8 Å². The lowest BCUT2D eigenvalue weighted by Gasteiger charge is -2.25. The molecule has 3 N–H and O–H groups in total. The first-order chi connectivity index (χ1) is 7.22. The molecule has 0 aliphatic carbocycles. The van der Waals surface area contributed by atoms with Crippen molar-refractivity contribution in [2.45, 2.75) is 38.3 Å². The van der Waals surface area contributed by atoms with Gasteiger partial charge in [0.2, 0.25) is 0 Å². The first-order valence-corrected chi connectivity index (χ1v) is 5.97. The summed E-state index contributed by atoms with van der Waals surface area (Å²) in [6, 6.07) is 0.575. The van der Waals surface area contributed by atoms with E-state index in [4.69, 9.17) is 5.11 Å². The number of nitrogens with zero attached hydrogens (tertiary/aromatic N) is 1. The third-order valence-electron chi connectivity index (χ3n) is 2.92. The Kier molecular flexibility index (Phi) is 6.17. The van der Waals surface area contributed by atoms with Crippen LogP contribution in [0.1, 0.15) is 26.2 Å². The van der Waals surface area contributed by atoms with Gasteiger partial charge >= 0.3 is 0 Å². The van der Waals surface area contributed by atoms with Crippen LogP contribution in [0.3, 0.4) is 0 Å². The fraction of sp³-hybridized carbons (Fsp3) is 1.00. The maximum Gasteiger partial charge on any atom is 0.0558 e. The Balaban J connectivity index is 2.22. The van der Waals surface area contributed by atoms with Gasteiger partial charge in [0.15, 0.2) is 0 Å². The summed E-state index contributed by atoms with van der Waals surface area (Å²) < 4.78 is 0. The minimum Gasteiger partial charge on any atom is -0.395 e. The largest absolute Gasteiger partial charge is 0.395 e. The molecule has 0 radical (unpaired) electrons. The van der Waals surface area contributed by atoms with Crippen LogP contribution in [0.4, 0.5) is 0 Å². The molecular weight excluding hydrogens is 192 g/mol. The van der Waals surface area contributed by atoms with Crippen molar-refractivity contribution < 1.29 is 10.2 Å². The Morgan fingerprint density at radius 1 is 1.47 bits per heavy atom. The highest BCUT2D eigenvalue weighted by atomic mass is 16.3. The van der Waals surface area contributed by atoms with Crippen molar-refractivity contribution in [2.24, 2.45) is 0 Å². The minimum absolute atomic E-state index is 0.201. The number of hydrogen-bond donors (Lipinski definition) is 3. The quantitative estimate of drug-likeness (QED) is 0.552. The summed E-state index contributed by atoms with van der Waals surface area (Å²) in [4.78, 5) is 2.23. The van der Waals surface area contributed by atoms with Crippen LogP contribution in [0.15, 0.2) is 0 Å². The maximum atomic E-state index is 9.23. The monoisotopic (exact) mass is 216 g/mol. The average molecular weight is 216 g/mol. The summed E-state index contributed by atoms with van der Waals surface area (Å²) >= 11 is 0. The Morgan fingerprint density at radius 3 is 2.80 bits per heavy atom. The molecule has 0 spiro atoms. The van der Waals surface area contributed by atoms with Crippen molar-refractivity contribution in [3.8, 4) is 0 Å². The van der Waals surface area contributed by atoms with E-state index in [-0.39, 0.29) is 12.7 Å². The van der Waals surface area contributed by atoms with E-state index in [9.17, 15) is 5.11 Å². The van der Waals surface area contributed by atoms with Crippen LogP contribution < -0.4 is 5.32 Å². The van der Waals surface area contributed by atoms with E-state index >= 15 is 0 Å². The molecule has 0 aromatic carbocycles. The molecular formula is C11H24N2O2. The fourth-order valence-corrected chi connectivity index (χ4v) is 2.03. The third-order valence-corrected chi connectivity index (χ3v) is 2.92. The van der Waals surface area contributed by atoms with Gasteiger partial charge in [0.1, 0.15) is 0 Å². The molecule has 1 aliphatic rings. The van der Waals surface area contributed by atoms with Gasteiger partial charge in [-0.05, 0) is 32.7 Å². The molecule has 0 bridgehead atoms. The normalized spacial score (nSPS) is 23.6. The number of aliphatic hydroxyl groups is 2. The van der Waals surface area contributed by atoms with E-state index in [0.29, 0.717) is 12.6 Å². The fourth-order valence-electron chi connectivity index (χ4n) is 2.03. The highest BCUT2D eigenvalue weighted by Gasteiger charge is 2.17. The Bertz CT molecular complexity index is 159. The van der Waals surface area contributed by atoms with Crippen LogP contribution in [0.5, 0.6) is 0 Å². The number of aliphatic hydroxyl groups excluding tert-OH is 2. The lowest BCUT2D eigenvalue weighted by Crippen LogP contribution is -2.40. The Morgan fingerprint density at radius 2 is 2.27 bits per heavy atom. The summed E-state index contributed by atoms with van der Waals surface area (Å²) in [6.07, 6.45) is 3.03. The molecule has 90 valence electrons. The zero-order valence-electron chi connectivity index (χ0n) is 9.65. The average Bonchev–Trinajstić information content (AvgIpc) is 2.67. The molecule has 0 aromatic rings. The molecule has 0 amide bonds. The SMILES string of the molecule is CC(O)CCN(CCO)CC1CCCN1. The van der Waals surface area contributed by atoms with Crippen molar-refractivity contribution in [3.05, 3.63) is 0 Å². The van der Waals surface area contributed by atoms with Crippen molar-refractivity contribution in [3.63, 3.8) is 0 Å². The molecule has 4 heteroatoms. The topological polar surface area (TPSA) is 55.7 Å². The van der Waals surface area contributed by atoms with E-state index in [1.807, 2.05) is 6.92 Å². The third kappa shape index (κ3) is 5.47. The van der Waals surface area contributed by atoms with Gasteiger partial charge in [-0.1, -0.05) is 0 Å². The van der Waals surface area contributed by atoms with Crippen LogP contribution in [-0.4, -0.2) is 60.0 Å². The van der Waals surface area contributed by atoms with E-state index in [2.05, 4.69) is 10.2 Å². The van der Waals surface area contributed by atoms with Crippen LogP contribution in [-0.2, 0) is 0 Å². The van der Waals surface area contributed by atoms with Gasteiger partial charge < -0.3 is 15.5 Å². The van der Waals surface area contributed by atoms with Crippen LogP contribution in [0, 0.1) is 0 Å². The van der Waals surface area contributed by atoms with Gasteiger partial charge in [0.25, 0.3) is 0 Å². The smallest absolute Gasteiger partial charge is 0.0558 e. The van der Waals surface area contributed by atoms with Gasteiger partial charge in [0.05, 0.1) is 12.7 Å². The van der Waals surface area contributed by atoms with E-state index < -0.39 is 0 Å². The molecule has 0 aromatic heterocycles. The second-order valence-corrected chi connectivity index (χ2v) is 4.46. The van der Waals surface area contributed by atoms with E-state index in [1.54, 1.807) is 0 Å². The minimum atomic E-state index is -0.247. The van der Waals surface area contributed by atoms with E-state index in [0.717, 1.165) is 26.1 Å². The molecule has 1 saturated heterocycles. The van der Waals surface area contributed by atoms with Crippen molar-refractivity contribution in [1.29, 1.82) is 0 Å².